The summed E-state index contributed by atoms with van der Waals surface area (Å²) in [7, 11) is 0. The molecule has 0 spiro atoms. The lowest BCUT2D eigenvalue weighted by molar-refractivity contribution is -0.118. The molecule has 0 saturated carbocycles. The van der Waals surface area contributed by atoms with Gasteiger partial charge in [-0.1, -0.05) is 23.9 Å². The van der Waals surface area contributed by atoms with Crippen molar-refractivity contribution in [2.75, 3.05) is 5.75 Å². The topological polar surface area (TPSA) is 54.4 Å². The number of benzene rings is 1. The van der Waals surface area contributed by atoms with Crippen LogP contribution in [0.5, 0.6) is 0 Å². The molecular formula is C14H10BrN3OS3. The molecule has 1 aromatic carbocycles. The number of nitrogens with one attached hydrogen (secondary N) is 1. The summed E-state index contributed by atoms with van der Waals surface area (Å²) in [6, 6.07) is 9.89. The van der Waals surface area contributed by atoms with E-state index < -0.39 is 0 Å². The molecular weight excluding hydrogens is 402 g/mol. The third-order valence-electron chi connectivity index (χ3n) is 2.57. The van der Waals surface area contributed by atoms with Crippen LogP contribution in [-0.2, 0) is 4.79 Å². The van der Waals surface area contributed by atoms with Gasteiger partial charge in [-0.15, -0.1) is 22.7 Å². The number of carbonyl (C=O) groups is 1. The normalized spacial score (nSPS) is 11.3. The van der Waals surface area contributed by atoms with Crippen molar-refractivity contribution in [3.63, 3.8) is 0 Å². The zero-order valence-electron chi connectivity index (χ0n) is 11.2. The lowest BCUT2D eigenvalue weighted by Gasteiger charge is -1.96. The van der Waals surface area contributed by atoms with E-state index in [0.717, 1.165) is 23.9 Å². The van der Waals surface area contributed by atoms with Gasteiger partial charge in [-0.2, -0.15) is 5.10 Å². The molecule has 4 nitrogen and oxygen atoms in total. The maximum Gasteiger partial charge on any atom is 0.250 e. The molecule has 8 heteroatoms. The second kappa shape index (κ2) is 7.36. The standard InChI is InChI=1S/C14H10BrN3OS3/c15-9-5-10(20-7-9)6-16-18-13(19)8-21-14-17-11-3-1-2-4-12(11)22-14/h1-7H,8H2,(H,18,19)/b16-6+. The summed E-state index contributed by atoms with van der Waals surface area (Å²) in [5.74, 6) is 0.154. The minimum absolute atomic E-state index is 0.142. The summed E-state index contributed by atoms with van der Waals surface area (Å²) >= 11 is 7.94. The number of thioether (sulfide) groups is 1. The fraction of sp³-hybridized carbons (Fsp3) is 0.0714. The third-order valence-corrected chi connectivity index (χ3v) is 6.38. The average Bonchev–Trinajstić information content (AvgIpc) is 3.11. The van der Waals surface area contributed by atoms with Crippen molar-refractivity contribution < 1.29 is 4.79 Å². The molecule has 0 radical (unpaired) electrons. The first-order valence-corrected chi connectivity index (χ1v) is 9.72. The van der Waals surface area contributed by atoms with Gasteiger partial charge in [0, 0.05) is 14.7 Å². The number of thiophene rings is 1. The number of carbonyl (C=O) groups excluding carboxylic acids is 1. The Kier molecular flexibility index (Phi) is 5.24. The Morgan fingerprint density at radius 3 is 3.09 bits per heavy atom. The van der Waals surface area contributed by atoms with Crippen LogP contribution in [0.1, 0.15) is 4.88 Å². The monoisotopic (exact) mass is 411 g/mol. The molecule has 2 aromatic heterocycles. The van der Waals surface area contributed by atoms with Gasteiger partial charge < -0.3 is 0 Å². The number of nitrogens with zero attached hydrogens (tertiary/aromatic N) is 2. The second-order valence-corrected chi connectivity index (χ2v) is 8.31. The number of halogens is 1. The number of hydrazone groups is 1. The molecule has 1 amide bonds. The molecule has 0 aliphatic heterocycles. The smallest absolute Gasteiger partial charge is 0.250 e. The highest BCUT2D eigenvalue weighted by atomic mass is 79.9. The van der Waals surface area contributed by atoms with Crippen LogP contribution < -0.4 is 5.43 Å². The number of thiazole rings is 1. The molecule has 3 aromatic rings. The highest BCUT2D eigenvalue weighted by molar-refractivity contribution is 9.10. The quantitative estimate of drug-likeness (QED) is 0.385. The van der Waals surface area contributed by atoms with E-state index in [4.69, 9.17) is 0 Å². The Labute approximate surface area is 147 Å². The van der Waals surface area contributed by atoms with Crippen molar-refractivity contribution in [2.24, 2.45) is 5.10 Å². The SMILES string of the molecule is O=C(CSc1nc2ccccc2s1)N/N=C/c1cc(Br)cs1. The Balaban J connectivity index is 1.50. The van der Waals surface area contributed by atoms with Crippen molar-refractivity contribution >= 4 is 72.7 Å². The van der Waals surface area contributed by atoms with E-state index in [1.165, 1.54) is 11.8 Å². The van der Waals surface area contributed by atoms with Gasteiger partial charge in [0.1, 0.15) is 0 Å². The number of fused-ring (bicyclic) bond motifs is 1. The minimum atomic E-state index is -0.142. The van der Waals surface area contributed by atoms with Crippen LogP contribution in [0.15, 0.2) is 49.6 Å². The van der Waals surface area contributed by atoms with Crippen molar-refractivity contribution in [1.82, 2.24) is 10.4 Å². The summed E-state index contributed by atoms with van der Waals surface area (Å²) < 4.78 is 3.03. The fourth-order valence-corrected chi connectivity index (χ4v) is 4.80. The Morgan fingerprint density at radius 2 is 2.32 bits per heavy atom. The number of hydrogen-bond acceptors (Lipinski definition) is 6. The number of aromatic nitrogens is 1. The predicted octanol–water partition coefficient (Wildman–Crippen LogP) is 4.36. The first-order valence-electron chi connectivity index (χ1n) is 6.25. The Bertz CT molecular complexity index is 794. The molecule has 22 heavy (non-hydrogen) atoms. The van der Waals surface area contributed by atoms with Gasteiger partial charge in [0.15, 0.2) is 4.34 Å². The molecule has 0 atom stereocenters. The fourth-order valence-electron chi connectivity index (χ4n) is 1.64. The van der Waals surface area contributed by atoms with E-state index in [-0.39, 0.29) is 5.91 Å². The summed E-state index contributed by atoms with van der Waals surface area (Å²) in [4.78, 5) is 17.2. The lowest BCUT2D eigenvalue weighted by Crippen LogP contribution is -2.19. The summed E-state index contributed by atoms with van der Waals surface area (Å²) in [5.41, 5.74) is 3.49. The summed E-state index contributed by atoms with van der Waals surface area (Å²) in [5, 5.41) is 5.91. The zero-order valence-corrected chi connectivity index (χ0v) is 15.2. The van der Waals surface area contributed by atoms with E-state index in [1.54, 1.807) is 28.9 Å². The van der Waals surface area contributed by atoms with Gasteiger partial charge >= 0.3 is 0 Å². The van der Waals surface area contributed by atoms with Crippen LogP contribution in [0.2, 0.25) is 0 Å². The van der Waals surface area contributed by atoms with E-state index in [0.29, 0.717) is 5.75 Å². The van der Waals surface area contributed by atoms with Crippen molar-refractivity contribution in [2.45, 2.75) is 4.34 Å². The maximum absolute atomic E-state index is 11.8. The molecule has 1 N–H and O–H groups in total. The van der Waals surface area contributed by atoms with Gasteiger partial charge in [0.25, 0.3) is 5.91 Å². The van der Waals surface area contributed by atoms with Gasteiger partial charge in [0.05, 0.1) is 22.2 Å². The van der Waals surface area contributed by atoms with Crippen LogP contribution >= 0.6 is 50.4 Å². The summed E-state index contributed by atoms with van der Waals surface area (Å²) in [6.45, 7) is 0. The van der Waals surface area contributed by atoms with Crippen LogP contribution in [0.25, 0.3) is 10.2 Å². The average molecular weight is 412 g/mol. The number of amides is 1. The van der Waals surface area contributed by atoms with Crippen LogP contribution in [0.3, 0.4) is 0 Å². The number of rotatable bonds is 5. The maximum atomic E-state index is 11.8. The van der Waals surface area contributed by atoms with Gasteiger partial charge in [-0.3, -0.25) is 4.79 Å². The molecule has 0 fully saturated rings. The highest BCUT2D eigenvalue weighted by Crippen LogP contribution is 2.28. The lowest BCUT2D eigenvalue weighted by atomic mass is 10.3. The second-order valence-electron chi connectivity index (χ2n) is 4.20. The Morgan fingerprint density at radius 1 is 1.45 bits per heavy atom. The Hall–Kier alpha value is -1.22. The largest absolute Gasteiger partial charge is 0.272 e. The van der Waals surface area contributed by atoms with Gasteiger partial charge in [-0.05, 0) is 34.1 Å². The first-order chi connectivity index (χ1) is 10.7. The molecule has 3 rings (SSSR count). The molecule has 0 bridgehead atoms. The van der Waals surface area contributed by atoms with Crippen molar-refractivity contribution in [1.29, 1.82) is 0 Å². The molecule has 0 saturated heterocycles. The highest BCUT2D eigenvalue weighted by Gasteiger charge is 2.06. The van der Waals surface area contributed by atoms with E-state index >= 15 is 0 Å². The van der Waals surface area contributed by atoms with Crippen LogP contribution in [0, 0.1) is 0 Å². The van der Waals surface area contributed by atoms with Crippen molar-refractivity contribution in [3.05, 3.63) is 45.1 Å². The summed E-state index contributed by atoms with van der Waals surface area (Å²) in [6.07, 6.45) is 1.63. The van der Waals surface area contributed by atoms with E-state index in [2.05, 4.69) is 31.4 Å². The molecule has 0 aliphatic carbocycles. The van der Waals surface area contributed by atoms with Crippen LogP contribution in [-0.4, -0.2) is 22.9 Å². The van der Waals surface area contributed by atoms with E-state index in [9.17, 15) is 4.79 Å². The molecule has 0 aliphatic rings. The first kappa shape index (κ1) is 15.7. The van der Waals surface area contributed by atoms with Gasteiger partial charge in [0.2, 0.25) is 0 Å². The number of para-hydroxylation sites is 1. The van der Waals surface area contributed by atoms with Crippen LogP contribution in [0.4, 0.5) is 0 Å². The number of hydrogen-bond donors (Lipinski definition) is 1. The molecule has 112 valence electrons. The zero-order chi connectivity index (χ0) is 15.4. The predicted molar refractivity (Wildman–Crippen MR) is 98.1 cm³/mol. The third kappa shape index (κ3) is 4.16. The van der Waals surface area contributed by atoms with Crippen molar-refractivity contribution in [3.8, 4) is 0 Å². The molecule has 0 unspecified atom stereocenters. The van der Waals surface area contributed by atoms with E-state index in [1.807, 2.05) is 35.7 Å². The minimum Gasteiger partial charge on any atom is -0.272 e. The molecule has 2 heterocycles. The van der Waals surface area contributed by atoms with Gasteiger partial charge in [-0.25, -0.2) is 10.4 Å².